The van der Waals surface area contributed by atoms with Crippen molar-refractivity contribution in [3.8, 4) is 11.5 Å². The second-order valence-electron chi connectivity index (χ2n) is 3.40. The van der Waals surface area contributed by atoms with Crippen LogP contribution in [-0.2, 0) is 4.79 Å². The molecule has 0 heterocycles. The monoisotopic (exact) mass is 222 g/mol. The second-order valence-corrected chi connectivity index (χ2v) is 3.40. The molecular formula is C13H18O3. The van der Waals surface area contributed by atoms with Gasteiger partial charge in [-0.1, -0.05) is 13.0 Å². The quantitative estimate of drug-likeness (QED) is 0.711. The molecule has 0 bridgehead atoms. The summed E-state index contributed by atoms with van der Waals surface area (Å²) in [6, 6.07) is 7.45. The minimum atomic E-state index is 0.223. The molecule has 16 heavy (non-hydrogen) atoms. The number of benzene rings is 1. The lowest BCUT2D eigenvalue weighted by molar-refractivity contribution is -0.119. The van der Waals surface area contributed by atoms with E-state index in [2.05, 4.69) is 0 Å². The zero-order chi connectivity index (χ0) is 11.8. The van der Waals surface area contributed by atoms with Gasteiger partial charge in [-0.25, -0.2) is 0 Å². The fraction of sp³-hybridized carbons (Fsp3) is 0.462. The minimum Gasteiger partial charge on any atom is -0.494 e. The lowest BCUT2D eigenvalue weighted by Crippen LogP contribution is -2.04. The third kappa shape index (κ3) is 4.34. The van der Waals surface area contributed by atoms with E-state index in [4.69, 9.17) is 9.47 Å². The molecule has 1 aromatic rings. The summed E-state index contributed by atoms with van der Waals surface area (Å²) >= 11 is 0. The highest BCUT2D eigenvalue weighted by Crippen LogP contribution is 2.19. The lowest BCUT2D eigenvalue weighted by Gasteiger charge is -2.07. The van der Waals surface area contributed by atoms with Crippen LogP contribution in [0.4, 0.5) is 0 Å². The van der Waals surface area contributed by atoms with E-state index in [0.717, 1.165) is 11.5 Å². The molecule has 1 rings (SSSR count). The van der Waals surface area contributed by atoms with E-state index in [1.807, 2.05) is 38.1 Å². The first-order chi connectivity index (χ1) is 7.76. The highest BCUT2D eigenvalue weighted by atomic mass is 16.5. The molecule has 3 heteroatoms. The Hall–Kier alpha value is -1.51. The summed E-state index contributed by atoms with van der Waals surface area (Å²) < 4.78 is 10.8. The Morgan fingerprint density at radius 2 is 1.88 bits per heavy atom. The van der Waals surface area contributed by atoms with Crippen LogP contribution in [0.5, 0.6) is 11.5 Å². The van der Waals surface area contributed by atoms with Crippen molar-refractivity contribution in [1.82, 2.24) is 0 Å². The van der Waals surface area contributed by atoms with E-state index >= 15 is 0 Å². The first-order valence-corrected chi connectivity index (χ1v) is 5.63. The molecule has 0 aliphatic rings. The maximum atomic E-state index is 11.1. The van der Waals surface area contributed by atoms with Crippen LogP contribution in [0.2, 0.25) is 0 Å². The van der Waals surface area contributed by atoms with E-state index in [1.54, 1.807) is 0 Å². The van der Waals surface area contributed by atoms with Crippen LogP contribution < -0.4 is 9.47 Å². The smallest absolute Gasteiger partial charge is 0.136 e. The van der Waals surface area contributed by atoms with Gasteiger partial charge in [-0.05, 0) is 19.1 Å². The van der Waals surface area contributed by atoms with Gasteiger partial charge in [0, 0.05) is 18.9 Å². The number of hydrogen-bond acceptors (Lipinski definition) is 3. The molecule has 0 unspecified atom stereocenters. The van der Waals surface area contributed by atoms with Gasteiger partial charge in [-0.3, -0.25) is 4.79 Å². The first kappa shape index (κ1) is 12.6. The largest absolute Gasteiger partial charge is 0.494 e. The standard InChI is InChI=1S/C13H18O3/c1-3-11(14)8-9-16-13-7-5-6-12(10-13)15-4-2/h5-7,10H,3-4,8-9H2,1-2H3. The van der Waals surface area contributed by atoms with Crippen LogP contribution >= 0.6 is 0 Å². The van der Waals surface area contributed by atoms with Gasteiger partial charge in [0.05, 0.1) is 13.2 Å². The van der Waals surface area contributed by atoms with Crippen LogP contribution in [0.1, 0.15) is 26.7 Å². The Kier molecular flexibility index (Phi) is 5.40. The summed E-state index contributed by atoms with van der Waals surface area (Å²) in [5.41, 5.74) is 0. The average Bonchev–Trinajstić information content (AvgIpc) is 2.30. The zero-order valence-corrected chi connectivity index (χ0v) is 9.86. The number of hydrogen-bond donors (Lipinski definition) is 0. The molecule has 0 fully saturated rings. The highest BCUT2D eigenvalue weighted by Gasteiger charge is 2.00. The van der Waals surface area contributed by atoms with E-state index < -0.39 is 0 Å². The molecule has 0 saturated carbocycles. The Morgan fingerprint density at radius 3 is 2.50 bits per heavy atom. The molecule has 0 aliphatic carbocycles. The van der Waals surface area contributed by atoms with Gasteiger partial charge in [-0.2, -0.15) is 0 Å². The Morgan fingerprint density at radius 1 is 1.19 bits per heavy atom. The number of Topliss-reactive ketones (excluding diaryl/α,β-unsaturated/α-hetero) is 1. The highest BCUT2D eigenvalue weighted by molar-refractivity contribution is 5.78. The maximum Gasteiger partial charge on any atom is 0.136 e. The van der Waals surface area contributed by atoms with Crippen LogP contribution in [0.25, 0.3) is 0 Å². The topological polar surface area (TPSA) is 35.5 Å². The Labute approximate surface area is 96.4 Å². The van der Waals surface area contributed by atoms with Crippen LogP contribution in [0.3, 0.4) is 0 Å². The van der Waals surface area contributed by atoms with E-state index in [0.29, 0.717) is 26.1 Å². The van der Waals surface area contributed by atoms with Crippen LogP contribution in [0.15, 0.2) is 24.3 Å². The molecule has 0 amide bonds. The van der Waals surface area contributed by atoms with Gasteiger partial charge in [0.25, 0.3) is 0 Å². The van der Waals surface area contributed by atoms with Crippen molar-refractivity contribution in [2.45, 2.75) is 26.7 Å². The fourth-order valence-corrected chi connectivity index (χ4v) is 1.28. The van der Waals surface area contributed by atoms with Gasteiger partial charge in [0.15, 0.2) is 0 Å². The third-order valence-corrected chi connectivity index (χ3v) is 2.16. The third-order valence-electron chi connectivity index (χ3n) is 2.16. The van der Waals surface area contributed by atoms with Gasteiger partial charge in [0.1, 0.15) is 17.3 Å². The molecule has 0 saturated heterocycles. The second kappa shape index (κ2) is 6.88. The molecule has 3 nitrogen and oxygen atoms in total. The van der Waals surface area contributed by atoms with Crippen molar-refractivity contribution in [2.24, 2.45) is 0 Å². The summed E-state index contributed by atoms with van der Waals surface area (Å²) in [6.45, 7) is 4.87. The summed E-state index contributed by atoms with van der Waals surface area (Å²) in [7, 11) is 0. The predicted octanol–water partition coefficient (Wildman–Crippen LogP) is 2.83. The van der Waals surface area contributed by atoms with Crippen molar-refractivity contribution < 1.29 is 14.3 Å². The van der Waals surface area contributed by atoms with Crippen molar-refractivity contribution in [3.05, 3.63) is 24.3 Å². The molecule has 0 aromatic heterocycles. The number of carbonyl (C=O) groups is 1. The molecule has 88 valence electrons. The van der Waals surface area contributed by atoms with Crippen molar-refractivity contribution in [1.29, 1.82) is 0 Å². The molecular weight excluding hydrogens is 204 g/mol. The van der Waals surface area contributed by atoms with E-state index in [9.17, 15) is 4.79 Å². The summed E-state index contributed by atoms with van der Waals surface area (Å²) in [6.07, 6.45) is 1.04. The molecule has 0 aliphatic heterocycles. The van der Waals surface area contributed by atoms with Crippen LogP contribution in [0, 0.1) is 0 Å². The van der Waals surface area contributed by atoms with Crippen LogP contribution in [-0.4, -0.2) is 19.0 Å². The van der Waals surface area contributed by atoms with Crippen molar-refractivity contribution >= 4 is 5.78 Å². The number of ketones is 1. The number of ether oxygens (including phenoxy) is 2. The van der Waals surface area contributed by atoms with Crippen molar-refractivity contribution in [3.63, 3.8) is 0 Å². The molecule has 0 spiro atoms. The number of carbonyl (C=O) groups excluding carboxylic acids is 1. The SMILES string of the molecule is CCOc1cccc(OCCC(=O)CC)c1. The van der Waals surface area contributed by atoms with Gasteiger partial charge in [-0.15, -0.1) is 0 Å². The summed E-state index contributed by atoms with van der Waals surface area (Å²) in [4.78, 5) is 11.1. The zero-order valence-electron chi connectivity index (χ0n) is 9.86. The number of rotatable bonds is 7. The summed E-state index contributed by atoms with van der Waals surface area (Å²) in [5, 5.41) is 0. The Bertz CT molecular complexity index is 334. The first-order valence-electron chi connectivity index (χ1n) is 5.63. The normalized spacial score (nSPS) is 9.88. The van der Waals surface area contributed by atoms with E-state index in [1.165, 1.54) is 0 Å². The molecule has 0 atom stereocenters. The van der Waals surface area contributed by atoms with Gasteiger partial charge >= 0.3 is 0 Å². The predicted molar refractivity (Wildman–Crippen MR) is 63.0 cm³/mol. The Balaban J connectivity index is 2.41. The lowest BCUT2D eigenvalue weighted by atomic mass is 10.2. The molecule has 0 N–H and O–H groups in total. The molecule has 1 aromatic carbocycles. The van der Waals surface area contributed by atoms with Crippen molar-refractivity contribution in [2.75, 3.05) is 13.2 Å². The molecule has 0 radical (unpaired) electrons. The summed E-state index contributed by atoms with van der Waals surface area (Å²) in [5.74, 6) is 1.76. The van der Waals surface area contributed by atoms with Gasteiger partial charge < -0.3 is 9.47 Å². The maximum absolute atomic E-state index is 11.1. The van der Waals surface area contributed by atoms with Gasteiger partial charge in [0.2, 0.25) is 0 Å². The average molecular weight is 222 g/mol. The fourth-order valence-electron chi connectivity index (χ4n) is 1.28. The minimum absolute atomic E-state index is 0.223. The van der Waals surface area contributed by atoms with E-state index in [-0.39, 0.29) is 5.78 Å².